The molecule has 2 aromatic heterocycles. The Morgan fingerprint density at radius 2 is 2.04 bits per heavy atom. The molecule has 1 amide bonds. The normalized spacial score (nSPS) is 10.5. The fourth-order valence-corrected chi connectivity index (χ4v) is 3.15. The molecule has 0 radical (unpaired) electrons. The second-order valence-electron chi connectivity index (χ2n) is 5.57. The highest BCUT2D eigenvalue weighted by atomic mass is 32.2. The number of aryl methyl sites for hydroxylation is 1. The summed E-state index contributed by atoms with van der Waals surface area (Å²) < 4.78 is 1.90. The number of rotatable bonds is 7. The summed E-state index contributed by atoms with van der Waals surface area (Å²) in [5, 5.41) is 12.0. The smallest absolute Gasteiger partial charge is 0.234 e. The lowest BCUT2D eigenvalue weighted by Crippen LogP contribution is -2.15. The van der Waals surface area contributed by atoms with Gasteiger partial charge in [0.25, 0.3) is 0 Å². The van der Waals surface area contributed by atoms with E-state index in [-0.39, 0.29) is 11.7 Å². The Labute approximate surface area is 156 Å². The highest BCUT2D eigenvalue weighted by molar-refractivity contribution is 7.99. The topological polar surface area (TPSA) is 72.7 Å². The Hall–Kier alpha value is -2.93. The summed E-state index contributed by atoms with van der Waals surface area (Å²) >= 11 is 1.34. The van der Waals surface area contributed by atoms with Gasteiger partial charge < -0.3 is 5.32 Å². The van der Waals surface area contributed by atoms with Gasteiger partial charge in [0, 0.05) is 18.4 Å². The van der Waals surface area contributed by atoms with E-state index < -0.39 is 0 Å². The highest BCUT2D eigenvalue weighted by Gasteiger charge is 2.15. The van der Waals surface area contributed by atoms with E-state index in [9.17, 15) is 4.79 Å². The van der Waals surface area contributed by atoms with Crippen LogP contribution in [0.3, 0.4) is 0 Å². The molecule has 1 N–H and O–H groups in total. The molecule has 0 saturated heterocycles. The summed E-state index contributed by atoms with van der Waals surface area (Å²) in [4.78, 5) is 16.6. The van der Waals surface area contributed by atoms with Gasteiger partial charge in [-0.1, -0.05) is 42.1 Å². The van der Waals surface area contributed by atoms with Crippen molar-refractivity contribution in [1.82, 2.24) is 19.7 Å². The lowest BCUT2D eigenvalue weighted by molar-refractivity contribution is -0.113. The van der Waals surface area contributed by atoms with E-state index in [0.29, 0.717) is 17.5 Å². The lowest BCUT2D eigenvalue weighted by atomic mass is 10.2. The zero-order valence-corrected chi connectivity index (χ0v) is 15.2. The van der Waals surface area contributed by atoms with Gasteiger partial charge in [-0.3, -0.25) is 14.3 Å². The minimum Gasteiger partial charge on any atom is -0.325 e. The molecule has 0 unspecified atom stereocenters. The third-order valence-corrected chi connectivity index (χ3v) is 4.64. The third kappa shape index (κ3) is 4.18. The molecule has 0 aliphatic carbocycles. The van der Waals surface area contributed by atoms with E-state index in [2.05, 4.69) is 27.1 Å². The molecule has 0 spiro atoms. The number of amides is 1. The molecule has 6 nitrogen and oxygen atoms in total. The van der Waals surface area contributed by atoms with Gasteiger partial charge in [0.15, 0.2) is 11.0 Å². The first-order chi connectivity index (χ1) is 12.7. The summed E-state index contributed by atoms with van der Waals surface area (Å²) in [6.45, 7) is 6.29. The Morgan fingerprint density at radius 3 is 2.77 bits per heavy atom. The monoisotopic (exact) mass is 365 g/mol. The van der Waals surface area contributed by atoms with Crippen LogP contribution in [0.25, 0.3) is 11.5 Å². The molecule has 26 heavy (non-hydrogen) atoms. The number of para-hydroxylation sites is 1. The van der Waals surface area contributed by atoms with E-state index in [0.717, 1.165) is 16.9 Å². The van der Waals surface area contributed by atoms with Crippen LogP contribution in [0.2, 0.25) is 0 Å². The van der Waals surface area contributed by atoms with Crippen molar-refractivity contribution in [2.24, 2.45) is 0 Å². The molecule has 2 heterocycles. The van der Waals surface area contributed by atoms with Gasteiger partial charge in [-0.25, -0.2) is 0 Å². The first-order valence-corrected chi connectivity index (χ1v) is 9.11. The van der Waals surface area contributed by atoms with E-state index in [1.54, 1.807) is 12.3 Å². The summed E-state index contributed by atoms with van der Waals surface area (Å²) in [5.41, 5.74) is 2.58. The van der Waals surface area contributed by atoms with E-state index in [1.807, 2.05) is 54.0 Å². The quantitative estimate of drug-likeness (QED) is 0.512. The van der Waals surface area contributed by atoms with Crippen molar-refractivity contribution >= 4 is 23.4 Å². The fourth-order valence-electron chi connectivity index (χ4n) is 2.40. The number of hydrogen-bond donors (Lipinski definition) is 1. The molecule has 0 atom stereocenters. The highest BCUT2D eigenvalue weighted by Crippen LogP contribution is 2.23. The molecular weight excluding hydrogens is 346 g/mol. The Kier molecular flexibility index (Phi) is 5.80. The van der Waals surface area contributed by atoms with Crippen LogP contribution in [0.1, 0.15) is 5.56 Å². The maximum absolute atomic E-state index is 12.3. The second kappa shape index (κ2) is 8.44. The number of nitrogens with one attached hydrogen (secondary N) is 1. The lowest BCUT2D eigenvalue weighted by Gasteiger charge is -2.09. The molecule has 0 saturated carbocycles. The van der Waals surface area contributed by atoms with Crippen molar-refractivity contribution in [3.05, 3.63) is 66.9 Å². The SMILES string of the molecule is C=CCn1c(SCC(=O)Nc2ccccc2C)nnc1-c1ccccn1. The third-order valence-electron chi connectivity index (χ3n) is 3.67. The zero-order chi connectivity index (χ0) is 18.4. The van der Waals surface area contributed by atoms with Crippen molar-refractivity contribution in [3.8, 4) is 11.5 Å². The minimum absolute atomic E-state index is 0.0863. The number of thioether (sulfide) groups is 1. The average molecular weight is 365 g/mol. The van der Waals surface area contributed by atoms with Crippen molar-refractivity contribution in [3.63, 3.8) is 0 Å². The number of carbonyl (C=O) groups excluding carboxylic acids is 1. The van der Waals surface area contributed by atoms with Crippen LogP contribution in [0, 0.1) is 6.92 Å². The van der Waals surface area contributed by atoms with Crippen molar-refractivity contribution in [1.29, 1.82) is 0 Å². The number of aromatic nitrogens is 4. The Balaban J connectivity index is 1.72. The molecule has 3 aromatic rings. The number of carbonyl (C=O) groups is 1. The van der Waals surface area contributed by atoms with Crippen LogP contribution < -0.4 is 5.32 Å². The maximum Gasteiger partial charge on any atom is 0.234 e. The number of benzene rings is 1. The van der Waals surface area contributed by atoms with Gasteiger partial charge in [-0.2, -0.15) is 0 Å². The van der Waals surface area contributed by atoms with Gasteiger partial charge in [-0.15, -0.1) is 16.8 Å². The molecule has 0 fully saturated rings. The van der Waals surface area contributed by atoms with Gasteiger partial charge >= 0.3 is 0 Å². The fraction of sp³-hybridized carbons (Fsp3) is 0.158. The predicted octanol–water partition coefficient (Wildman–Crippen LogP) is 3.57. The largest absolute Gasteiger partial charge is 0.325 e. The number of nitrogens with zero attached hydrogens (tertiary/aromatic N) is 4. The van der Waals surface area contributed by atoms with E-state index in [4.69, 9.17) is 0 Å². The second-order valence-corrected chi connectivity index (χ2v) is 6.51. The van der Waals surface area contributed by atoms with Crippen LogP contribution in [-0.4, -0.2) is 31.4 Å². The molecule has 3 rings (SSSR count). The molecule has 0 bridgehead atoms. The Bertz CT molecular complexity index is 907. The average Bonchev–Trinajstić information content (AvgIpc) is 3.06. The molecule has 7 heteroatoms. The van der Waals surface area contributed by atoms with Gasteiger partial charge in [0.1, 0.15) is 5.69 Å². The zero-order valence-electron chi connectivity index (χ0n) is 14.4. The van der Waals surface area contributed by atoms with Crippen molar-refractivity contribution < 1.29 is 4.79 Å². The van der Waals surface area contributed by atoms with Crippen LogP contribution in [0.5, 0.6) is 0 Å². The Morgan fingerprint density at radius 1 is 1.23 bits per heavy atom. The number of hydrogen-bond acceptors (Lipinski definition) is 5. The molecule has 0 aliphatic rings. The van der Waals surface area contributed by atoms with Crippen LogP contribution in [-0.2, 0) is 11.3 Å². The molecular formula is C19H19N5OS. The number of anilines is 1. The molecule has 0 aliphatic heterocycles. The summed E-state index contributed by atoms with van der Waals surface area (Å²) in [5.74, 6) is 0.815. The number of pyridine rings is 1. The molecule has 1 aromatic carbocycles. The van der Waals surface area contributed by atoms with Gasteiger partial charge in [0.05, 0.1) is 5.75 Å². The minimum atomic E-state index is -0.0863. The summed E-state index contributed by atoms with van der Waals surface area (Å²) in [6.07, 6.45) is 3.48. The first-order valence-electron chi connectivity index (χ1n) is 8.13. The van der Waals surface area contributed by atoms with Crippen molar-refractivity contribution in [2.75, 3.05) is 11.1 Å². The van der Waals surface area contributed by atoms with Crippen LogP contribution in [0.15, 0.2) is 66.5 Å². The number of allylic oxidation sites excluding steroid dienone is 1. The van der Waals surface area contributed by atoms with E-state index >= 15 is 0 Å². The van der Waals surface area contributed by atoms with E-state index in [1.165, 1.54) is 11.8 Å². The van der Waals surface area contributed by atoms with Crippen molar-refractivity contribution in [2.45, 2.75) is 18.6 Å². The maximum atomic E-state index is 12.3. The molecule has 132 valence electrons. The van der Waals surface area contributed by atoms with Crippen LogP contribution >= 0.6 is 11.8 Å². The van der Waals surface area contributed by atoms with Gasteiger partial charge in [0.2, 0.25) is 5.91 Å². The predicted molar refractivity (Wildman–Crippen MR) is 104 cm³/mol. The van der Waals surface area contributed by atoms with Gasteiger partial charge in [-0.05, 0) is 30.7 Å². The standard InChI is InChI=1S/C19H19N5OS/c1-3-12-24-18(16-10-6-7-11-20-16)22-23-19(24)26-13-17(25)21-15-9-5-4-8-14(15)2/h3-11H,1,12-13H2,2H3,(H,21,25). The summed E-state index contributed by atoms with van der Waals surface area (Å²) in [7, 11) is 0. The summed E-state index contributed by atoms with van der Waals surface area (Å²) in [6, 6.07) is 13.3. The first kappa shape index (κ1) is 17.9. The van der Waals surface area contributed by atoms with Crippen LogP contribution in [0.4, 0.5) is 5.69 Å².